The second-order valence-corrected chi connectivity index (χ2v) is 7.74. The molecule has 0 saturated carbocycles. The molecule has 0 radical (unpaired) electrons. The summed E-state index contributed by atoms with van der Waals surface area (Å²) in [6.45, 7) is 0.00559. The first-order chi connectivity index (χ1) is 12.3. The minimum atomic E-state index is -4.23. The first-order valence-corrected chi connectivity index (χ1v) is 9.30. The van der Waals surface area contributed by atoms with Crippen molar-refractivity contribution in [3.8, 4) is 5.75 Å². The maximum atomic E-state index is 13.0. The molecule has 1 aliphatic heterocycles. The number of hydrogen-bond donors (Lipinski definition) is 1. The summed E-state index contributed by atoms with van der Waals surface area (Å²) in [5.41, 5.74) is 0.681. The van der Waals surface area contributed by atoms with Gasteiger partial charge in [-0.1, -0.05) is 30.3 Å². The number of carboxylic acids is 1. The SMILES string of the molecule is COc1ccc(C(=O)O)cc1S(=O)(=O)N1C[C@H](c2ccccc2)CC1=O. The molecule has 26 heavy (non-hydrogen) atoms. The fourth-order valence-electron chi connectivity index (χ4n) is 2.99. The number of aromatic carboxylic acids is 1. The Hall–Kier alpha value is -2.87. The fourth-order valence-corrected chi connectivity index (χ4v) is 4.63. The molecule has 1 saturated heterocycles. The maximum Gasteiger partial charge on any atom is 0.335 e. The third-order valence-corrected chi connectivity index (χ3v) is 6.14. The molecule has 0 unspecified atom stereocenters. The Morgan fingerprint density at radius 3 is 2.50 bits per heavy atom. The number of carboxylic acid groups (broad SMARTS) is 1. The van der Waals surface area contributed by atoms with Gasteiger partial charge < -0.3 is 9.84 Å². The van der Waals surface area contributed by atoms with Crippen LogP contribution in [0, 0.1) is 0 Å². The highest BCUT2D eigenvalue weighted by Gasteiger charge is 2.40. The van der Waals surface area contributed by atoms with E-state index in [1.165, 1.54) is 19.2 Å². The van der Waals surface area contributed by atoms with Crippen LogP contribution in [0.1, 0.15) is 28.3 Å². The number of ether oxygens (including phenoxy) is 1. The van der Waals surface area contributed by atoms with Crippen LogP contribution in [0.5, 0.6) is 5.75 Å². The first-order valence-electron chi connectivity index (χ1n) is 7.86. The van der Waals surface area contributed by atoms with E-state index in [4.69, 9.17) is 9.84 Å². The van der Waals surface area contributed by atoms with E-state index in [1.807, 2.05) is 30.3 Å². The van der Waals surface area contributed by atoms with Crippen LogP contribution in [-0.4, -0.2) is 43.4 Å². The minimum absolute atomic E-state index is 0.00559. The van der Waals surface area contributed by atoms with E-state index in [0.717, 1.165) is 15.9 Å². The molecule has 1 heterocycles. The number of carbonyl (C=O) groups excluding carboxylic acids is 1. The van der Waals surface area contributed by atoms with Crippen molar-refractivity contribution in [2.24, 2.45) is 0 Å². The smallest absolute Gasteiger partial charge is 0.335 e. The quantitative estimate of drug-likeness (QED) is 0.859. The van der Waals surface area contributed by atoms with Crippen molar-refractivity contribution in [2.45, 2.75) is 17.2 Å². The Labute approximate surface area is 150 Å². The van der Waals surface area contributed by atoms with Crippen molar-refractivity contribution in [1.82, 2.24) is 4.31 Å². The zero-order chi connectivity index (χ0) is 18.9. The van der Waals surface area contributed by atoms with Gasteiger partial charge in [-0.25, -0.2) is 17.5 Å². The largest absolute Gasteiger partial charge is 0.495 e. The van der Waals surface area contributed by atoms with Crippen LogP contribution in [0.25, 0.3) is 0 Å². The number of nitrogens with zero attached hydrogens (tertiary/aromatic N) is 1. The molecule has 0 bridgehead atoms. The molecule has 7 nitrogen and oxygen atoms in total. The fraction of sp³-hybridized carbons (Fsp3) is 0.222. The number of carbonyl (C=O) groups is 2. The maximum absolute atomic E-state index is 13.0. The number of methoxy groups -OCH3 is 1. The highest BCUT2D eigenvalue weighted by atomic mass is 32.2. The van der Waals surface area contributed by atoms with E-state index in [-0.39, 0.29) is 35.1 Å². The van der Waals surface area contributed by atoms with Gasteiger partial charge in [-0.2, -0.15) is 0 Å². The molecule has 3 rings (SSSR count). The molecular formula is C18H17NO6S. The molecule has 1 N–H and O–H groups in total. The monoisotopic (exact) mass is 375 g/mol. The van der Waals surface area contributed by atoms with Gasteiger partial charge in [-0.15, -0.1) is 0 Å². The molecule has 2 aromatic rings. The molecule has 136 valence electrons. The highest BCUT2D eigenvalue weighted by Crippen LogP contribution is 2.35. The van der Waals surface area contributed by atoms with Gasteiger partial charge in [-0.3, -0.25) is 4.79 Å². The van der Waals surface area contributed by atoms with Crippen LogP contribution in [0.15, 0.2) is 53.4 Å². The van der Waals surface area contributed by atoms with Crippen LogP contribution in [0.3, 0.4) is 0 Å². The third kappa shape index (κ3) is 3.15. The van der Waals surface area contributed by atoms with E-state index in [0.29, 0.717) is 0 Å². The summed E-state index contributed by atoms with van der Waals surface area (Å²) in [7, 11) is -2.95. The molecule has 0 aromatic heterocycles. The van der Waals surface area contributed by atoms with Crippen LogP contribution in [0.4, 0.5) is 0 Å². The zero-order valence-corrected chi connectivity index (χ0v) is 14.8. The average molecular weight is 375 g/mol. The standard InChI is InChI=1S/C18H17NO6S/c1-25-15-8-7-13(18(21)22)9-16(15)26(23,24)19-11-14(10-17(19)20)12-5-3-2-4-6-12/h2-9,14H,10-11H2,1H3,(H,21,22)/t14-/m1/s1. The van der Waals surface area contributed by atoms with Crippen LogP contribution in [0.2, 0.25) is 0 Å². The Balaban J connectivity index is 1.99. The van der Waals surface area contributed by atoms with Crippen LogP contribution >= 0.6 is 0 Å². The van der Waals surface area contributed by atoms with Crippen molar-refractivity contribution in [1.29, 1.82) is 0 Å². The summed E-state index contributed by atoms with van der Waals surface area (Å²) in [4.78, 5) is 23.2. The Morgan fingerprint density at radius 2 is 1.88 bits per heavy atom. The summed E-state index contributed by atoms with van der Waals surface area (Å²) in [6, 6.07) is 12.7. The lowest BCUT2D eigenvalue weighted by molar-refractivity contribution is -0.123. The van der Waals surface area contributed by atoms with Crippen molar-refractivity contribution in [3.05, 3.63) is 59.7 Å². The normalized spacial score (nSPS) is 17.3. The lowest BCUT2D eigenvalue weighted by Gasteiger charge is -2.19. The van der Waals surface area contributed by atoms with Gasteiger partial charge in [-0.05, 0) is 23.8 Å². The molecule has 2 aromatic carbocycles. The van der Waals surface area contributed by atoms with E-state index in [9.17, 15) is 18.0 Å². The summed E-state index contributed by atoms with van der Waals surface area (Å²) < 4.78 is 31.9. The van der Waals surface area contributed by atoms with E-state index in [1.54, 1.807) is 0 Å². The van der Waals surface area contributed by atoms with E-state index < -0.39 is 21.9 Å². The second-order valence-electron chi connectivity index (χ2n) is 5.91. The minimum Gasteiger partial charge on any atom is -0.495 e. The lowest BCUT2D eigenvalue weighted by Crippen LogP contribution is -2.32. The molecule has 8 heteroatoms. The summed E-state index contributed by atoms with van der Waals surface area (Å²) in [5, 5.41) is 9.13. The number of hydrogen-bond acceptors (Lipinski definition) is 5. The van der Waals surface area contributed by atoms with Gasteiger partial charge in [0, 0.05) is 18.9 Å². The number of sulfonamides is 1. The van der Waals surface area contributed by atoms with Crippen molar-refractivity contribution >= 4 is 21.9 Å². The Kier molecular flexibility index (Phi) is 4.69. The van der Waals surface area contributed by atoms with E-state index in [2.05, 4.69) is 0 Å². The van der Waals surface area contributed by atoms with Crippen molar-refractivity contribution in [3.63, 3.8) is 0 Å². The second kappa shape index (κ2) is 6.80. The van der Waals surface area contributed by atoms with Crippen LogP contribution in [-0.2, 0) is 14.8 Å². The molecule has 1 amide bonds. The van der Waals surface area contributed by atoms with E-state index >= 15 is 0 Å². The molecule has 0 spiro atoms. The van der Waals surface area contributed by atoms with Crippen molar-refractivity contribution in [2.75, 3.05) is 13.7 Å². The number of benzene rings is 2. The molecular weight excluding hydrogens is 358 g/mol. The average Bonchev–Trinajstić information content (AvgIpc) is 3.04. The summed E-state index contributed by atoms with van der Waals surface area (Å²) in [5.74, 6) is -2.04. The molecule has 1 aliphatic rings. The zero-order valence-electron chi connectivity index (χ0n) is 14.0. The molecule has 0 aliphatic carbocycles. The highest BCUT2D eigenvalue weighted by molar-refractivity contribution is 7.89. The molecule has 1 fully saturated rings. The van der Waals surface area contributed by atoms with Gasteiger partial charge in [0.25, 0.3) is 10.0 Å². The Morgan fingerprint density at radius 1 is 1.19 bits per heavy atom. The first kappa shape index (κ1) is 17.9. The predicted molar refractivity (Wildman–Crippen MR) is 92.7 cm³/mol. The summed E-state index contributed by atoms with van der Waals surface area (Å²) in [6.07, 6.45) is 0.0736. The van der Waals surface area contributed by atoms with Crippen LogP contribution < -0.4 is 4.74 Å². The Bertz CT molecular complexity index is 955. The van der Waals surface area contributed by atoms with Gasteiger partial charge in [0.15, 0.2) is 0 Å². The lowest BCUT2D eigenvalue weighted by atomic mass is 9.99. The van der Waals surface area contributed by atoms with Gasteiger partial charge in [0.2, 0.25) is 5.91 Å². The topological polar surface area (TPSA) is 101 Å². The summed E-state index contributed by atoms with van der Waals surface area (Å²) >= 11 is 0. The van der Waals surface area contributed by atoms with Gasteiger partial charge in [0.1, 0.15) is 10.6 Å². The van der Waals surface area contributed by atoms with Gasteiger partial charge in [0.05, 0.1) is 12.7 Å². The number of amides is 1. The predicted octanol–water partition coefficient (Wildman–Crippen LogP) is 2.10. The third-order valence-electron chi connectivity index (χ3n) is 4.33. The molecule has 1 atom stereocenters. The number of rotatable bonds is 5. The van der Waals surface area contributed by atoms with Crippen molar-refractivity contribution < 1.29 is 27.9 Å². The van der Waals surface area contributed by atoms with Gasteiger partial charge >= 0.3 is 5.97 Å².